The number of hydrogen-bond acceptors (Lipinski definition) is 6. The summed E-state index contributed by atoms with van der Waals surface area (Å²) in [6.45, 7) is 5.90. The van der Waals surface area contributed by atoms with E-state index in [2.05, 4.69) is 21.9 Å². The minimum atomic E-state index is -0.0818. The van der Waals surface area contributed by atoms with E-state index in [-0.39, 0.29) is 5.78 Å². The first-order valence-electron chi connectivity index (χ1n) is 8.36. The molecule has 0 saturated heterocycles. The molecular weight excluding hydrogens is 358 g/mol. The van der Waals surface area contributed by atoms with Crippen molar-refractivity contribution < 1.29 is 9.53 Å². The van der Waals surface area contributed by atoms with Gasteiger partial charge in [-0.05, 0) is 42.8 Å². The Morgan fingerprint density at radius 2 is 2.22 bits per heavy atom. The topological polar surface area (TPSA) is 64.1 Å². The van der Waals surface area contributed by atoms with Gasteiger partial charge in [0.25, 0.3) is 0 Å². The van der Waals surface area contributed by atoms with Crippen LogP contribution in [0.2, 0.25) is 0 Å². The number of pyridine rings is 1. The Balaban J connectivity index is 1.71. The first-order chi connectivity index (χ1) is 13.2. The molecule has 0 radical (unpaired) electrons. The minimum absolute atomic E-state index is 0.0818. The zero-order chi connectivity index (χ0) is 19.1. The number of allylic oxidation sites excluding steroid dienone is 1. The number of benzene rings is 1. The zero-order valence-corrected chi connectivity index (χ0v) is 15.7. The highest BCUT2D eigenvalue weighted by Gasteiger charge is 2.13. The second-order valence-electron chi connectivity index (χ2n) is 5.67. The molecule has 0 amide bonds. The van der Waals surface area contributed by atoms with E-state index in [4.69, 9.17) is 4.74 Å². The maximum absolute atomic E-state index is 12.6. The summed E-state index contributed by atoms with van der Waals surface area (Å²) in [6.07, 6.45) is 8.43. The SMILES string of the molecule is C=CCOc1cccc(/C=C/C(=O)c2sc(Nc3cccnc3)nc2C)c1. The smallest absolute Gasteiger partial charge is 0.197 e. The number of carbonyl (C=O) groups is 1. The molecule has 2 aromatic heterocycles. The van der Waals surface area contributed by atoms with E-state index in [9.17, 15) is 4.79 Å². The first-order valence-corrected chi connectivity index (χ1v) is 9.18. The fourth-order valence-electron chi connectivity index (χ4n) is 2.35. The lowest BCUT2D eigenvalue weighted by Gasteiger charge is -2.03. The van der Waals surface area contributed by atoms with E-state index in [0.717, 1.165) is 17.0 Å². The normalized spacial score (nSPS) is 10.7. The van der Waals surface area contributed by atoms with Crippen molar-refractivity contribution in [3.8, 4) is 5.75 Å². The van der Waals surface area contributed by atoms with Gasteiger partial charge in [0, 0.05) is 6.20 Å². The van der Waals surface area contributed by atoms with Crippen LogP contribution in [0.25, 0.3) is 6.08 Å². The number of nitrogens with zero attached hydrogens (tertiary/aromatic N) is 2. The van der Waals surface area contributed by atoms with Crippen molar-refractivity contribution in [3.05, 3.63) is 83.7 Å². The maximum atomic E-state index is 12.6. The fourth-order valence-corrected chi connectivity index (χ4v) is 3.26. The van der Waals surface area contributed by atoms with E-state index >= 15 is 0 Å². The summed E-state index contributed by atoms with van der Waals surface area (Å²) in [7, 11) is 0. The van der Waals surface area contributed by atoms with Gasteiger partial charge in [0.15, 0.2) is 10.9 Å². The third kappa shape index (κ3) is 5.12. The summed E-state index contributed by atoms with van der Waals surface area (Å²) in [5.74, 6) is 0.656. The van der Waals surface area contributed by atoms with Crippen LogP contribution in [0.1, 0.15) is 20.9 Å². The number of ether oxygens (including phenoxy) is 1. The third-order valence-electron chi connectivity index (χ3n) is 3.59. The summed E-state index contributed by atoms with van der Waals surface area (Å²) in [5.41, 5.74) is 2.42. The van der Waals surface area contributed by atoms with Gasteiger partial charge < -0.3 is 10.1 Å². The molecule has 0 saturated carbocycles. The number of aromatic nitrogens is 2. The van der Waals surface area contributed by atoms with Gasteiger partial charge in [0.2, 0.25) is 0 Å². The van der Waals surface area contributed by atoms with Crippen molar-refractivity contribution >= 4 is 34.0 Å². The van der Waals surface area contributed by atoms with Crippen LogP contribution >= 0.6 is 11.3 Å². The molecule has 1 aromatic carbocycles. The average Bonchev–Trinajstić information content (AvgIpc) is 3.05. The van der Waals surface area contributed by atoms with Crippen LogP contribution in [0.3, 0.4) is 0 Å². The Bertz CT molecular complexity index is 965. The Kier molecular flexibility index (Phi) is 6.12. The standard InChI is InChI=1S/C21H19N3O2S/c1-3-12-26-18-8-4-6-16(13-18)9-10-19(25)20-15(2)23-21(27-20)24-17-7-5-11-22-14-17/h3-11,13-14H,1,12H2,2H3,(H,23,24)/b10-9+. The summed E-state index contributed by atoms with van der Waals surface area (Å²) < 4.78 is 5.51. The third-order valence-corrected chi connectivity index (χ3v) is 4.67. The highest BCUT2D eigenvalue weighted by molar-refractivity contribution is 7.17. The molecule has 0 unspecified atom stereocenters. The zero-order valence-electron chi connectivity index (χ0n) is 14.9. The molecule has 5 nitrogen and oxygen atoms in total. The highest BCUT2D eigenvalue weighted by atomic mass is 32.1. The molecule has 1 N–H and O–H groups in total. The van der Waals surface area contributed by atoms with E-state index < -0.39 is 0 Å². The van der Waals surface area contributed by atoms with Crippen molar-refractivity contribution in [3.63, 3.8) is 0 Å². The van der Waals surface area contributed by atoms with Crippen molar-refractivity contribution in [1.29, 1.82) is 0 Å². The number of anilines is 2. The number of nitrogens with one attached hydrogen (secondary N) is 1. The predicted molar refractivity (Wildman–Crippen MR) is 110 cm³/mol. The van der Waals surface area contributed by atoms with Gasteiger partial charge in [-0.3, -0.25) is 9.78 Å². The summed E-state index contributed by atoms with van der Waals surface area (Å²) in [4.78, 5) is 21.6. The lowest BCUT2D eigenvalue weighted by atomic mass is 10.1. The lowest BCUT2D eigenvalue weighted by Crippen LogP contribution is -1.94. The van der Waals surface area contributed by atoms with Gasteiger partial charge in [0.05, 0.1) is 22.5 Å². The Labute approximate surface area is 162 Å². The quantitative estimate of drug-likeness (QED) is 0.338. The molecule has 0 fully saturated rings. The van der Waals surface area contributed by atoms with Crippen LogP contribution in [0.15, 0.2) is 67.5 Å². The second-order valence-corrected chi connectivity index (χ2v) is 6.67. The monoisotopic (exact) mass is 377 g/mol. The van der Waals surface area contributed by atoms with Crippen molar-refractivity contribution in [1.82, 2.24) is 9.97 Å². The summed E-state index contributed by atoms with van der Waals surface area (Å²) in [5, 5.41) is 3.83. The molecule has 3 aromatic rings. The van der Waals surface area contributed by atoms with Crippen LogP contribution < -0.4 is 10.1 Å². The van der Waals surface area contributed by atoms with Gasteiger partial charge in [-0.25, -0.2) is 4.98 Å². The molecular formula is C21H19N3O2S. The largest absolute Gasteiger partial charge is 0.490 e. The Morgan fingerprint density at radius 3 is 3.00 bits per heavy atom. The highest BCUT2D eigenvalue weighted by Crippen LogP contribution is 2.26. The Morgan fingerprint density at radius 1 is 1.33 bits per heavy atom. The molecule has 0 aliphatic rings. The van der Waals surface area contributed by atoms with Gasteiger partial charge in [-0.1, -0.05) is 42.2 Å². The Hall–Kier alpha value is -3.25. The molecule has 2 heterocycles. The number of hydrogen-bond donors (Lipinski definition) is 1. The minimum Gasteiger partial charge on any atom is -0.490 e. The molecule has 0 aliphatic heterocycles. The average molecular weight is 377 g/mol. The summed E-state index contributed by atoms with van der Waals surface area (Å²) in [6, 6.07) is 11.3. The molecule has 6 heteroatoms. The van der Waals surface area contributed by atoms with Crippen LogP contribution in [0, 0.1) is 6.92 Å². The number of aryl methyl sites for hydroxylation is 1. The van der Waals surface area contributed by atoms with Crippen LogP contribution in [0.5, 0.6) is 5.75 Å². The van der Waals surface area contributed by atoms with Crippen molar-refractivity contribution in [2.24, 2.45) is 0 Å². The first kappa shape index (κ1) is 18.5. The van der Waals surface area contributed by atoms with Crippen molar-refractivity contribution in [2.45, 2.75) is 6.92 Å². The van der Waals surface area contributed by atoms with Crippen molar-refractivity contribution in [2.75, 3.05) is 11.9 Å². The second kappa shape index (κ2) is 8.91. The molecule has 3 rings (SSSR count). The molecule has 136 valence electrons. The van der Waals surface area contributed by atoms with Gasteiger partial charge in [0.1, 0.15) is 12.4 Å². The molecule has 0 aliphatic carbocycles. The number of ketones is 1. The van der Waals surface area contributed by atoms with E-state index in [0.29, 0.717) is 22.3 Å². The molecule has 0 atom stereocenters. The van der Waals surface area contributed by atoms with Crippen LogP contribution in [-0.2, 0) is 0 Å². The number of rotatable bonds is 8. The fraction of sp³-hybridized carbons (Fsp3) is 0.0952. The molecule has 0 bridgehead atoms. The van der Waals surface area contributed by atoms with E-state index in [1.807, 2.05) is 43.3 Å². The van der Waals surface area contributed by atoms with Crippen LogP contribution in [0.4, 0.5) is 10.8 Å². The number of carbonyl (C=O) groups excluding carboxylic acids is 1. The maximum Gasteiger partial charge on any atom is 0.197 e. The van der Waals surface area contributed by atoms with Crippen LogP contribution in [-0.4, -0.2) is 22.4 Å². The van der Waals surface area contributed by atoms with E-state index in [1.54, 1.807) is 30.6 Å². The van der Waals surface area contributed by atoms with Gasteiger partial charge in [-0.15, -0.1) is 0 Å². The molecule has 27 heavy (non-hydrogen) atoms. The van der Waals surface area contributed by atoms with Gasteiger partial charge in [-0.2, -0.15) is 0 Å². The number of thiazole rings is 1. The predicted octanol–water partition coefficient (Wildman–Crippen LogP) is 5.05. The lowest BCUT2D eigenvalue weighted by molar-refractivity contribution is 0.105. The summed E-state index contributed by atoms with van der Waals surface area (Å²) >= 11 is 1.33. The van der Waals surface area contributed by atoms with Gasteiger partial charge >= 0.3 is 0 Å². The molecule has 0 spiro atoms. The van der Waals surface area contributed by atoms with E-state index in [1.165, 1.54) is 11.3 Å².